The number of nitrogens with one attached hydrogen (secondary N) is 1. The topological polar surface area (TPSA) is 12.0 Å². The second-order valence-corrected chi connectivity index (χ2v) is 7.34. The Balaban J connectivity index is 2.77. The van der Waals surface area contributed by atoms with Crippen LogP contribution in [0, 0.1) is 5.92 Å². The van der Waals surface area contributed by atoms with Crippen molar-refractivity contribution in [3.63, 3.8) is 0 Å². The van der Waals surface area contributed by atoms with Crippen LogP contribution in [0.15, 0.2) is 17.7 Å². The van der Waals surface area contributed by atoms with Crippen LogP contribution >= 0.6 is 11.3 Å². The Morgan fingerprint density at radius 3 is 2.44 bits per heavy atom. The predicted molar refractivity (Wildman–Crippen MR) is 84.3 cm³/mol. The van der Waals surface area contributed by atoms with Crippen molar-refractivity contribution in [2.24, 2.45) is 5.92 Å². The molecule has 1 nitrogen and oxygen atoms in total. The lowest BCUT2D eigenvalue weighted by molar-refractivity contribution is 0.437. The van der Waals surface area contributed by atoms with Crippen molar-refractivity contribution in [2.75, 3.05) is 6.54 Å². The van der Waals surface area contributed by atoms with Crippen molar-refractivity contribution < 1.29 is 0 Å². The van der Waals surface area contributed by atoms with E-state index in [0.29, 0.717) is 5.92 Å². The van der Waals surface area contributed by atoms with Gasteiger partial charge in [-0.1, -0.05) is 26.3 Å². The van der Waals surface area contributed by atoms with E-state index >= 15 is 0 Å². The molecule has 102 valence electrons. The summed E-state index contributed by atoms with van der Waals surface area (Å²) in [5.41, 5.74) is 1.66. The van der Waals surface area contributed by atoms with E-state index in [9.17, 15) is 0 Å². The van der Waals surface area contributed by atoms with Crippen LogP contribution in [0.25, 0.3) is 6.08 Å². The van der Waals surface area contributed by atoms with Crippen LogP contribution < -0.4 is 5.32 Å². The van der Waals surface area contributed by atoms with E-state index < -0.39 is 0 Å². The smallest absolute Gasteiger partial charge is 0.0273 e. The van der Waals surface area contributed by atoms with E-state index in [1.807, 2.05) is 11.3 Å². The zero-order valence-corrected chi connectivity index (χ0v) is 13.4. The van der Waals surface area contributed by atoms with Gasteiger partial charge in [0.1, 0.15) is 0 Å². The molecule has 0 saturated heterocycles. The molecule has 0 aliphatic carbocycles. The maximum absolute atomic E-state index is 3.58. The van der Waals surface area contributed by atoms with Gasteiger partial charge in [-0.15, -0.1) is 11.3 Å². The second kappa shape index (κ2) is 6.53. The van der Waals surface area contributed by atoms with E-state index in [1.54, 1.807) is 0 Å². The molecule has 0 aliphatic rings. The fourth-order valence-corrected chi connectivity index (χ4v) is 2.56. The summed E-state index contributed by atoms with van der Waals surface area (Å²) in [4.78, 5) is 2.85. The molecule has 18 heavy (non-hydrogen) atoms. The summed E-state index contributed by atoms with van der Waals surface area (Å²) >= 11 is 1.91. The van der Waals surface area contributed by atoms with Gasteiger partial charge in [-0.2, -0.15) is 0 Å². The lowest BCUT2D eigenvalue weighted by atomic mass is 10.0. The van der Waals surface area contributed by atoms with Crippen LogP contribution in [0.5, 0.6) is 0 Å². The fourth-order valence-electron chi connectivity index (χ4n) is 1.63. The normalized spacial score (nSPS) is 13.4. The molecule has 1 aromatic rings. The number of rotatable bonds is 5. The first-order chi connectivity index (χ1) is 8.31. The summed E-state index contributed by atoms with van der Waals surface area (Å²) in [7, 11) is 0. The van der Waals surface area contributed by atoms with Gasteiger partial charge in [0.15, 0.2) is 0 Å². The van der Waals surface area contributed by atoms with Crippen molar-refractivity contribution in [1.82, 2.24) is 5.32 Å². The van der Waals surface area contributed by atoms with Crippen molar-refractivity contribution in [3.8, 4) is 0 Å². The SMILES string of the molecule is CCc1ccc(C=C(CNC(C)(C)C)C(C)C)s1. The van der Waals surface area contributed by atoms with Crippen LogP contribution in [0.4, 0.5) is 0 Å². The van der Waals surface area contributed by atoms with Crippen LogP contribution in [0.3, 0.4) is 0 Å². The Bertz CT molecular complexity index is 393. The number of hydrogen-bond donors (Lipinski definition) is 1. The molecule has 0 unspecified atom stereocenters. The Kier molecular flexibility index (Phi) is 5.61. The van der Waals surface area contributed by atoms with Crippen LogP contribution in [-0.2, 0) is 6.42 Å². The van der Waals surface area contributed by atoms with Gasteiger partial charge in [0.2, 0.25) is 0 Å². The molecule has 1 aromatic heterocycles. The quantitative estimate of drug-likeness (QED) is 0.811. The minimum Gasteiger partial charge on any atom is -0.308 e. The van der Waals surface area contributed by atoms with Crippen LogP contribution in [-0.4, -0.2) is 12.1 Å². The lowest BCUT2D eigenvalue weighted by Crippen LogP contribution is -2.37. The van der Waals surface area contributed by atoms with Crippen molar-refractivity contribution in [3.05, 3.63) is 27.5 Å². The molecule has 1 N–H and O–H groups in total. The number of thiophene rings is 1. The van der Waals surface area contributed by atoms with E-state index in [-0.39, 0.29) is 5.54 Å². The zero-order chi connectivity index (χ0) is 13.8. The first kappa shape index (κ1) is 15.5. The minimum absolute atomic E-state index is 0.179. The Morgan fingerprint density at radius 1 is 1.33 bits per heavy atom. The zero-order valence-electron chi connectivity index (χ0n) is 12.6. The monoisotopic (exact) mass is 265 g/mol. The third-order valence-corrected chi connectivity index (χ3v) is 4.10. The average molecular weight is 265 g/mol. The maximum Gasteiger partial charge on any atom is 0.0273 e. The van der Waals surface area contributed by atoms with Gasteiger partial charge in [-0.3, -0.25) is 0 Å². The van der Waals surface area contributed by atoms with Crippen LogP contribution in [0.2, 0.25) is 0 Å². The van der Waals surface area contributed by atoms with Crippen molar-refractivity contribution >= 4 is 17.4 Å². The summed E-state index contributed by atoms with van der Waals surface area (Å²) in [6.45, 7) is 14.4. The van der Waals surface area contributed by atoms with Gasteiger partial charge in [0.25, 0.3) is 0 Å². The first-order valence-electron chi connectivity index (χ1n) is 6.86. The van der Waals surface area contributed by atoms with E-state index in [0.717, 1.165) is 13.0 Å². The van der Waals surface area contributed by atoms with E-state index in [1.165, 1.54) is 15.3 Å². The summed E-state index contributed by atoms with van der Waals surface area (Å²) in [6, 6.07) is 4.48. The molecule has 0 amide bonds. The third-order valence-electron chi connectivity index (χ3n) is 2.92. The maximum atomic E-state index is 3.58. The average Bonchev–Trinajstić information content (AvgIpc) is 2.70. The Labute approximate surface area is 116 Å². The molecule has 2 heteroatoms. The van der Waals surface area contributed by atoms with Gasteiger partial charge in [-0.25, -0.2) is 0 Å². The predicted octanol–water partition coefficient (Wildman–Crippen LogP) is 4.74. The van der Waals surface area contributed by atoms with Gasteiger partial charge < -0.3 is 5.32 Å². The summed E-state index contributed by atoms with van der Waals surface area (Å²) < 4.78 is 0. The van der Waals surface area contributed by atoms with Crippen molar-refractivity contribution in [1.29, 1.82) is 0 Å². The summed E-state index contributed by atoms with van der Waals surface area (Å²) in [5, 5.41) is 3.58. The van der Waals surface area contributed by atoms with Gasteiger partial charge in [-0.05, 0) is 51.3 Å². The molecule has 0 saturated carbocycles. The number of aryl methyl sites for hydroxylation is 1. The molecule has 0 radical (unpaired) electrons. The standard InChI is InChI=1S/C16H27NS/c1-7-14-8-9-15(18-14)10-13(12(2)3)11-17-16(4,5)6/h8-10,12,17H,7,11H2,1-6H3. The summed E-state index contributed by atoms with van der Waals surface area (Å²) in [5.74, 6) is 0.590. The second-order valence-electron chi connectivity index (χ2n) is 6.14. The first-order valence-corrected chi connectivity index (χ1v) is 7.67. The molecule has 0 atom stereocenters. The fraction of sp³-hybridized carbons (Fsp3) is 0.625. The van der Waals surface area contributed by atoms with Crippen molar-refractivity contribution in [2.45, 2.75) is 53.5 Å². The van der Waals surface area contributed by atoms with Crippen LogP contribution in [0.1, 0.15) is 51.3 Å². The molecule has 1 heterocycles. The molecule has 0 aliphatic heterocycles. The lowest BCUT2D eigenvalue weighted by Gasteiger charge is -2.23. The highest BCUT2D eigenvalue weighted by Crippen LogP contribution is 2.22. The van der Waals surface area contributed by atoms with Gasteiger partial charge >= 0.3 is 0 Å². The molecule has 0 spiro atoms. The van der Waals surface area contributed by atoms with Gasteiger partial charge in [0.05, 0.1) is 0 Å². The highest BCUT2D eigenvalue weighted by molar-refractivity contribution is 7.12. The number of hydrogen-bond acceptors (Lipinski definition) is 2. The molecule has 0 bridgehead atoms. The minimum atomic E-state index is 0.179. The van der Waals surface area contributed by atoms with E-state index in [2.05, 4.69) is 65.1 Å². The largest absolute Gasteiger partial charge is 0.308 e. The molecule has 0 aromatic carbocycles. The highest BCUT2D eigenvalue weighted by atomic mass is 32.1. The Morgan fingerprint density at radius 2 is 2.00 bits per heavy atom. The Hall–Kier alpha value is -0.600. The molecule has 1 rings (SSSR count). The summed E-state index contributed by atoms with van der Waals surface area (Å²) in [6.07, 6.45) is 3.49. The highest BCUT2D eigenvalue weighted by Gasteiger charge is 2.11. The molecule has 0 fully saturated rings. The molecular formula is C16H27NS. The third kappa shape index (κ3) is 5.36. The molecular weight excluding hydrogens is 238 g/mol. The van der Waals surface area contributed by atoms with Gasteiger partial charge in [0, 0.05) is 21.8 Å². The van der Waals surface area contributed by atoms with E-state index in [4.69, 9.17) is 0 Å².